The Morgan fingerprint density at radius 2 is 2.12 bits per heavy atom. The van der Waals surface area contributed by atoms with Crippen LogP contribution in [0.2, 0.25) is 0 Å². The SMILES string of the molecule is CCCc1nnc(NC(=O)CCn2ncc(=O)c3ccccc32)s1. The van der Waals surface area contributed by atoms with Gasteiger partial charge in [0.05, 0.1) is 18.3 Å². The number of hydrogen-bond acceptors (Lipinski definition) is 6. The van der Waals surface area contributed by atoms with Crippen molar-refractivity contribution in [2.75, 3.05) is 5.32 Å². The topological polar surface area (TPSA) is 89.8 Å². The van der Waals surface area contributed by atoms with Gasteiger partial charge in [-0.1, -0.05) is 30.4 Å². The number of rotatable bonds is 6. The van der Waals surface area contributed by atoms with Crippen molar-refractivity contribution < 1.29 is 4.79 Å². The van der Waals surface area contributed by atoms with Gasteiger partial charge in [-0.05, 0) is 18.6 Å². The van der Waals surface area contributed by atoms with Gasteiger partial charge in [0.1, 0.15) is 5.01 Å². The van der Waals surface area contributed by atoms with Crippen LogP contribution in [0.15, 0.2) is 35.3 Å². The first kappa shape index (κ1) is 16.3. The van der Waals surface area contributed by atoms with E-state index in [0.717, 1.165) is 23.4 Å². The summed E-state index contributed by atoms with van der Waals surface area (Å²) in [4.78, 5) is 23.9. The molecule has 0 fully saturated rings. The van der Waals surface area contributed by atoms with Gasteiger partial charge in [-0.25, -0.2) is 0 Å². The maximum absolute atomic E-state index is 12.1. The minimum Gasteiger partial charge on any atom is -0.300 e. The Bertz CT molecular complexity index is 918. The summed E-state index contributed by atoms with van der Waals surface area (Å²) in [6, 6.07) is 7.23. The Labute approximate surface area is 142 Å². The second kappa shape index (κ2) is 7.31. The summed E-state index contributed by atoms with van der Waals surface area (Å²) in [5.41, 5.74) is 0.600. The molecule has 2 heterocycles. The van der Waals surface area contributed by atoms with Crippen LogP contribution in [0.1, 0.15) is 24.8 Å². The summed E-state index contributed by atoms with van der Waals surface area (Å²) < 4.78 is 1.67. The van der Waals surface area contributed by atoms with Crippen molar-refractivity contribution in [2.24, 2.45) is 0 Å². The van der Waals surface area contributed by atoms with Crippen molar-refractivity contribution in [1.82, 2.24) is 20.0 Å². The Balaban J connectivity index is 1.66. The monoisotopic (exact) mass is 343 g/mol. The Morgan fingerprint density at radius 1 is 1.29 bits per heavy atom. The fourth-order valence-corrected chi connectivity index (χ4v) is 3.20. The van der Waals surface area contributed by atoms with Gasteiger partial charge in [-0.15, -0.1) is 10.2 Å². The van der Waals surface area contributed by atoms with Gasteiger partial charge in [0.15, 0.2) is 0 Å². The van der Waals surface area contributed by atoms with Gasteiger partial charge in [-0.3, -0.25) is 14.3 Å². The summed E-state index contributed by atoms with van der Waals surface area (Å²) in [6.07, 6.45) is 3.37. The van der Waals surface area contributed by atoms with Crippen molar-refractivity contribution in [1.29, 1.82) is 0 Å². The molecule has 3 aromatic rings. The Morgan fingerprint density at radius 3 is 2.96 bits per heavy atom. The van der Waals surface area contributed by atoms with Crippen LogP contribution in [-0.4, -0.2) is 25.9 Å². The maximum Gasteiger partial charge on any atom is 0.228 e. The molecule has 0 radical (unpaired) electrons. The number of benzene rings is 1. The molecule has 0 saturated heterocycles. The van der Waals surface area contributed by atoms with E-state index in [4.69, 9.17) is 0 Å². The van der Waals surface area contributed by atoms with Crippen LogP contribution in [0, 0.1) is 0 Å². The zero-order valence-corrected chi connectivity index (χ0v) is 14.0. The maximum atomic E-state index is 12.1. The van der Waals surface area contributed by atoms with Gasteiger partial charge in [-0.2, -0.15) is 5.10 Å². The fourth-order valence-electron chi connectivity index (χ4n) is 2.35. The molecule has 1 aromatic carbocycles. The predicted octanol–water partition coefficient (Wildman–Crippen LogP) is 2.23. The second-order valence-electron chi connectivity index (χ2n) is 5.30. The number of amides is 1. The quantitative estimate of drug-likeness (QED) is 0.741. The molecule has 8 heteroatoms. The van der Waals surface area contributed by atoms with Crippen LogP contribution in [0.5, 0.6) is 0 Å². The molecular weight excluding hydrogens is 326 g/mol. The largest absolute Gasteiger partial charge is 0.300 e. The van der Waals surface area contributed by atoms with E-state index in [1.807, 2.05) is 18.2 Å². The number of nitrogens with one attached hydrogen (secondary N) is 1. The van der Waals surface area contributed by atoms with E-state index in [1.54, 1.807) is 10.7 Å². The third-order valence-corrected chi connectivity index (χ3v) is 4.39. The number of hydrogen-bond donors (Lipinski definition) is 1. The molecule has 0 atom stereocenters. The highest BCUT2D eigenvalue weighted by molar-refractivity contribution is 7.15. The molecule has 2 aromatic heterocycles. The van der Waals surface area contributed by atoms with E-state index in [9.17, 15) is 9.59 Å². The molecule has 124 valence electrons. The normalized spacial score (nSPS) is 10.9. The molecule has 0 unspecified atom stereocenters. The molecule has 24 heavy (non-hydrogen) atoms. The van der Waals surface area contributed by atoms with Crippen LogP contribution in [0.4, 0.5) is 5.13 Å². The molecular formula is C16H17N5O2S. The standard InChI is InChI=1S/C16H17N5O2S/c1-2-5-15-19-20-16(24-15)18-14(23)8-9-21-12-7-4-3-6-11(12)13(22)10-17-21/h3-4,6-7,10H,2,5,8-9H2,1H3,(H,18,20,23). The summed E-state index contributed by atoms with van der Waals surface area (Å²) in [6.45, 7) is 2.45. The summed E-state index contributed by atoms with van der Waals surface area (Å²) in [5.74, 6) is -0.154. The molecule has 0 bridgehead atoms. The van der Waals surface area contributed by atoms with Crippen molar-refractivity contribution in [2.45, 2.75) is 32.7 Å². The number of carbonyl (C=O) groups is 1. The summed E-state index contributed by atoms with van der Waals surface area (Å²) >= 11 is 1.39. The van der Waals surface area contributed by atoms with Crippen molar-refractivity contribution in [3.05, 3.63) is 45.7 Å². The van der Waals surface area contributed by atoms with E-state index in [2.05, 4.69) is 27.5 Å². The summed E-state index contributed by atoms with van der Waals surface area (Å²) in [5, 5.41) is 16.9. The number of aromatic nitrogens is 4. The molecule has 3 rings (SSSR count). The first-order valence-electron chi connectivity index (χ1n) is 7.74. The van der Waals surface area contributed by atoms with Crippen LogP contribution in [0.3, 0.4) is 0 Å². The van der Waals surface area contributed by atoms with Crippen LogP contribution in [-0.2, 0) is 17.8 Å². The number of nitrogens with zero attached hydrogens (tertiary/aromatic N) is 4. The number of carbonyl (C=O) groups excluding carboxylic acids is 1. The van der Waals surface area contributed by atoms with Gasteiger partial charge in [0.25, 0.3) is 0 Å². The lowest BCUT2D eigenvalue weighted by atomic mass is 10.2. The molecule has 0 aliphatic heterocycles. The van der Waals surface area contributed by atoms with E-state index in [-0.39, 0.29) is 17.8 Å². The summed E-state index contributed by atoms with van der Waals surface area (Å²) in [7, 11) is 0. The minimum absolute atomic E-state index is 0.122. The molecule has 1 amide bonds. The average molecular weight is 343 g/mol. The fraction of sp³-hybridized carbons (Fsp3) is 0.312. The van der Waals surface area contributed by atoms with E-state index in [1.165, 1.54) is 17.5 Å². The van der Waals surface area contributed by atoms with Crippen molar-refractivity contribution in [3.63, 3.8) is 0 Å². The number of fused-ring (bicyclic) bond motifs is 1. The predicted molar refractivity (Wildman–Crippen MR) is 93.2 cm³/mol. The second-order valence-corrected chi connectivity index (χ2v) is 6.36. The van der Waals surface area contributed by atoms with E-state index >= 15 is 0 Å². The average Bonchev–Trinajstić information content (AvgIpc) is 3.02. The lowest BCUT2D eigenvalue weighted by Gasteiger charge is -2.08. The smallest absolute Gasteiger partial charge is 0.228 e. The first-order chi connectivity index (χ1) is 11.7. The molecule has 7 nitrogen and oxygen atoms in total. The third kappa shape index (κ3) is 3.65. The van der Waals surface area contributed by atoms with Crippen LogP contribution >= 0.6 is 11.3 Å². The Kier molecular flexibility index (Phi) is 4.95. The molecule has 1 N–H and O–H groups in total. The van der Waals surface area contributed by atoms with Gasteiger partial charge in [0, 0.05) is 18.2 Å². The highest BCUT2D eigenvalue weighted by Gasteiger charge is 2.09. The number of anilines is 1. The van der Waals surface area contributed by atoms with Crippen molar-refractivity contribution >= 4 is 33.3 Å². The minimum atomic E-state index is -0.154. The lowest BCUT2D eigenvalue weighted by molar-refractivity contribution is -0.116. The molecule has 0 saturated carbocycles. The highest BCUT2D eigenvalue weighted by Crippen LogP contribution is 2.16. The molecule has 0 spiro atoms. The first-order valence-corrected chi connectivity index (χ1v) is 8.56. The lowest BCUT2D eigenvalue weighted by Crippen LogP contribution is -2.17. The van der Waals surface area contributed by atoms with Gasteiger partial charge < -0.3 is 5.32 Å². The highest BCUT2D eigenvalue weighted by atomic mass is 32.1. The zero-order chi connectivity index (χ0) is 16.9. The van der Waals surface area contributed by atoms with Crippen molar-refractivity contribution in [3.8, 4) is 0 Å². The van der Waals surface area contributed by atoms with Crippen LogP contribution < -0.4 is 10.7 Å². The zero-order valence-electron chi connectivity index (χ0n) is 13.2. The number of aryl methyl sites for hydroxylation is 2. The molecule has 0 aliphatic rings. The van der Waals surface area contributed by atoms with Crippen LogP contribution in [0.25, 0.3) is 10.9 Å². The Hall–Kier alpha value is -2.61. The molecule has 0 aliphatic carbocycles. The van der Waals surface area contributed by atoms with Gasteiger partial charge >= 0.3 is 0 Å². The number of para-hydroxylation sites is 1. The van der Waals surface area contributed by atoms with E-state index in [0.29, 0.717) is 17.1 Å². The van der Waals surface area contributed by atoms with E-state index < -0.39 is 0 Å². The third-order valence-electron chi connectivity index (χ3n) is 3.49. The van der Waals surface area contributed by atoms with Gasteiger partial charge in [0.2, 0.25) is 16.5 Å².